The Morgan fingerprint density at radius 3 is 2.40 bits per heavy atom. The molecule has 56 valence electrons. The first-order valence-electron chi connectivity index (χ1n) is 3.68. The van der Waals surface area contributed by atoms with Crippen molar-refractivity contribution >= 4 is 0 Å². The Morgan fingerprint density at radius 1 is 1.20 bits per heavy atom. The van der Waals surface area contributed by atoms with E-state index in [1.54, 1.807) is 0 Å². The summed E-state index contributed by atoms with van der Waals surface area (Å²) >= 11 is 0. The smallest absolute Gasteiger partial charge is 0.0164 e. The maximum Gasteiger partial charge on any atom is -0.0164 e. The molecule has 0 aromatic rings. The van der Waals surface area contributed by atoms with Crippen LogP contribution in [0.2, 0.25) is 0 Å². The monoisotopic (exact) mass is 136 g/mol. The third-order valence-corrected chi connectivity index (χ3v) is 1.10. The second-order valence-corrected chi connectivity index (χ2v) is 2.47. The van der Waals surface area contributed by atoms with Crippen LogP contribution in [0, 0.1) is 0 Å². The molecular weight excluding hydrogens is 120 g/mol. The number of allylic oxidation sites excluding steroid dienone is 6. The zero-order chi connectivity index (χ0) is 7.82. The number of hydrogen-bond acceptors (Lipinski definition) is 0. The van der Waals surface area contributed by atoms with Crippen molar-refractivity contribution in [1.82, 2.24) is 0 Å². The van der Waals surface area contributed by atoms with E-state index in [9.17, 15) is 0 Å². The number of hydrogen-bond donors (Lipinski definition) is 0. The normalized spacial score (nSPS) is 11.1. The predicted octanol–water partition coefficient (Wildman–Crippen LogP) is 3.48. The van der Waals surface area contributed by atoms with Crippen LogP contribution >= 0.6 is 0 Å². The molecule has 0 aliphatic rings. The van der Waals surface area contributed by atoms with Gasteiger partial charge in [-0.25, -0.2) is 0 Å². The Hall–Kier alpha value is -0.780. The van der Waals surface area contributed by atoms with Crippen LogP contribution in [0.15, 0.2) is 36.0 Å². The lowest BCUT2D eigenvalue weighted by Gasteiger charge is -1.83. The van der Waals surface area contributed by atoms with Gasteiger partial charge in [0.15, 0.2) is 0 Å². The molecule has 0 aromatic carbocycles. The molecule has 0 aliphatic carbocycles. The van der Waals surface area contributed by atoms with Crippen LogP contribution in [0.1, 0.15) is 27.2 Å². The molecule has 0 amide bonds. The highest BCUT2D eigenvalue weighted by Gasteiger charge is 1.72. The van der Waals surface area contributed by atoms with Gasteiger partial charge in [0, 0.05) is 0 Å². The second kappa shape index (κ2) is 6.34. The molecule has 0 nitrogen and oxygen atoms in total. The average molecular weight is 136 g/mol. The van der Waals surface area contributed by atoms with Crippen molar-refractivity contribution in [1.29, 1.82) is 0 Å². The molecule has 0 aromatic heterocycles. The van der Waals surface area contributed by atoms with Gasteiger partial charge in [0.05, 0.1) is 0 Å². The Kier molecular flexibility index (Phi) is 5.85. The summed E-state index contributed by atoms with van der Waals surface area (Å²) in [7, 11) is 0. The molecule has 0 saturated carbocycles. The van der Waals surface area contributed by atoms with Crippen LogP contribution in [-0.4, -0.2) is 0 Å². The molecule has 0 heteroatoms. The first-order chi connectivity index (χ1) is 4.77. The van der Waals surface area contributed by atoms with Gasteiger partial charge >= 0.3 is 0 Å². The van der Waals surface area contributed by atoms with Crippen molar-refractivity contribution < 1.29 is 0 Å². The van der Waals surface area contributed by atoms with Gasteiger partial charge in [-0.15, -0.1) is 0 Å². The van der Waals surface area contributed by atoms with Crippen molar-refractivity contribution in [2.75, 3.05) is 0 Å². The fourth-order valence-corrected chi connectivity index (χ4v) is 0.572. The Balaban J connectivity index is 3.45. The van der Waals surface area contributed by atoms with E-state index in [1.165, 1.54) is 5.57 Å². The van der Waals surface area contributed by atoms with Crippen molar-refractivity contribution in [3.05, 3.63) is 36.0 Å². The Bertz CT molecular complexity index is 143. The van der Waals surface area contributed by atoms with Gasteiger partial charge in [-0.1, -0.05) is 36.0 Å². The molecule has 0 N–H and O–H groups in total. The van der Waals surface area contributed by atoms with Crippen molar-refractivity contribution in [2.24, 2.45) is 0 Å². The van der Waals surface area contributed by atoms with E-state index in [-0.39, 0.29) is 0 Å². The zero-order valence-electron chi connectivity index (χ0n) is 7.09. The highest BCUT2D eigenvalue weighted by atomic mass is 13.8. The maximum atomic E-state index is 2.21. The van der Waals surface area contributed by atoms with Gasteiger partial charge in [-0.05, 0) is 27.2 Å². The van der Waals surface area contributed by atoms with Gasteiger partial charge in [0.2, 0.25) is 0 Å². The summed E-state index contributed by atoms with van der Waals surface area (Å²) in [6.45, 7) is 6.25. The van der Waals surface area contributed by atoms with Crippen molar-refractivity contribution in [3.63, 3.8) is 0 Å². The van der Waals surface area contributed by atoms with Crippen LogP contribution in [-0.2, 0) is 0 Å². The first-order valence-corrected chi connectivity index (χ1v) is 3.68. The zero-order valence-corrected chi connectivity index (χ0v) is 7.09. The van der Waals surface area contributed by atoms with Gasteiger partial charge in [0.25, 0.3) is 0 Å². The van der Waals surface area contributed by atoms with Crippen molar-refractivity contribution in [3.8, 4) is 0 Å². The summed E-state index contributed by atoms with van der Waals surface area (Å²) in [5.41, 5.74) is 1.38. The third-order valence-electron chi connectivity index (χ3n) is 1.10. The lowest BCUT2D eigenvalue weighted by atomic mass is 10.2. The molecule has 0 unspecified atom stereocenters. The van der Waals surface area contributed by atoms with E-state index in [4.69, 9.17) is 0 Å². The standard InChI is InChI=1S/C10H16/c1-4-5-6-7-8-9-10(2)3/h4-7,9H,8H2,1-3H3/b5-4-,7-6?. The summed E-state index contributed by atoms with van der Waals surface area (Å²) in [6, 6.07) is 0. The molecule has 0 fully saturated rings. The van der Waals surface area contributed by atoms with E-state index in [0.717, 1.165) is 6.42 Å². The molecule has 0 radical (unpaired) electrons. The van der Waals surface area contributed by atoms with Crippen LogP contribution in [0.4, 0.5) is 0 Å². The fraction of sp³-hybridized carbons (Fsp3) is 0.400. The van der Waals surface area contributed by atoms with Crippen molar-refractivity contribution in [2.45, 2.75) is 27.2 Å². The highest BCUT2D eigenvalue weighted by molar-refractivity contribution is 5.05. The lowest BCUT2D eigenvalue weighted by molar-refractivity contribution is 1.28. The van der Waals surface area contributed by atoms with Gasteiger partial charge < -0.3 is 0 Å². The third kappa shape index (κ3) is 7.22. The second-order valence-electron chi connectivity index (χ2n) is 2.47. The molecule has 0 heterocycles. The maximum absolute atomic E-state index is 2.21. The van der Waals surface area contributed by atoms with Gasteiger partial charge in [-0.2, -0.15) is 0 Å². The molecule has 0 saturated heterocycles. The largest absolute Gasteiger partial charge is 0.0877 e. The summed E-state index contributed by atoms with van der Waals surface area (Å²) in [5, 5.41) is 0. The Labute approximate surface area is 64.0 Å². The van der Waals surface area contributed by atoms with E-state index < -0.39 is 0 Å². The number of rotatable bonds is 3. The molecule has 0 bridgehead atoms. The van der Waals surface area contributed by atoms with E-state index in [1.807, 2.05) is 19.1 Å². The summed E-state index contributed by atoms with van der Waals surface area (Å²) in [4.78, 5) is 0. The Morgan fingerprint density at radius 2 is 1.90 bits per heavy atom. The molecule has 0 atom stereocenters. The highest BCUT2D eigenvalue weighted by Crippen LogP contribution is 1.93. The minimum absolute atomic E-state index is 1.05. The molecule has 0 spiro atoms. The quantitative estimate of drug-likeness (QED) is 0.411. The topological polar surface area (TPSA) is 0 Å². The van der Waals surface area contributed by atoms with Crippen LogP contribution in [0.3, 0.4) is 0 Å². The van der Waals surface area contributed by atoms with E-state index in [2.05, 4.69) is 32.1 Å². The van der Waals surface area contributed by atoms with Crippen LogP contribution in [0.5, 0.6) is 0 Å². The van der Waals surface area contributed by atoms with Crippen LogP contribution in [0.25, 0.3) is 0 Å². The SMILES string of the molecule is C/C=C\C=CCC=C(C)C. The fourth-order valence-electron chi connectivity index (χ4n) is 0.572. The molecule has 0 aliphatic heterocycles. The van der Waals surface area contributed by atoms with E-state index in [0.29, 0.717) is 0 Å². The molecule has 0 rings (SSSR count). The summed E-state index contributed by atoms with van der Waals surface area (Å²) in [6.07, 6.45) is 11.5. The predicted molar refractivity (Wildman–Crippen MR) is 48.0 cm³/mol. The minimum atomic E-state index is 1.05. The van der Waals surface area contributed by atoms with E-state index >= 15 is 0 Å². The molecular formula is C10H16. The lowest BCUT2D eigenvalue weighted by Crippen LogP contribution is -1.62. The average Bonchev–Trinajstić information content (AvgIpc) is 1.87. The van der Waals surface area contributed by atoms with Crippen LogP contribution < -0.4 is 0 Å². The first kappa shape index (κ1) is 9.22. The summed E-state index contributed by atoms with van der Waals surface area (Å²) in [5.74, 6) is 0. The molecule has 10 heavy (non-hydrogen) atoms. The minimum Gasteiger partial charge on any atom is -0.0877 e. The summed E-state index contributed by atoms with van der Waals surface area (Å²) < 4.78 is 0. The van der Waals surface area contributed by atoms with Gasteiger partial charge in [-0.3, -0.25) is 0 Å². The van der Waals surface area contributed by atoms with Gasteiger partial charge in [0.1, 0.15) is 0 Å².